The van der Waals surface area contributed by atoms with E-state index in [1.807, 2.05) is 0 Å². The van der Waals surface area contributed by atoms with Crippen LogP contribution in [0.25, 0.3) is 0 Å². The molecule has 2 rings (SSSR count). The second kappa shape index (κ2) is 7.86. The van der Waals surface area contributed by atoms with Crippen molar-refractivity contribution in [1.82, 2.24) is 4.90 Å². The molecule has 0 atom stereocenters. The maximum absolute atomic E-state index is 2.55. The van der Waals surface area contributed by atoms with Crippen molar-refractivity contribution in [2.24, 2.45) is 0 Å². The predicted octanol–water partition coefficient (Wildman–Crippen LogP) is 4.53. The van der Waals surface area contributed by atoms with Gasteiger partial charge in [0.05, 0.1) is 0 Å². The lowest BCUT2D eigenvalue weighted by Gasteiger charge is -2.26. The van der Waals surface area contributed by atoms with Gasteiger partial charge in [-0.1, -0.05) is 60.7 Å². The van der Waals surface area contributed by atoms with Gasteiger partial charge in [-0.15, -0.1) is 0 Å². The van der Waals surface area contributed by atoms with Gasteiger partial charge in [-0.25, -0.2) is 0 Å². The molecule has 0 saturated heterocycles. The highest BCUT2D eigenvalue weighted by Crippen LogP contribution is 2.10. The number of benzene rings is 2. The zero-order valence-corrected chi connectivity index (χ0v) is 12.6. The van der Waals surface area contributed by atoms with Gasteiger partial charge in [-0.2, -0.15) is 0 Å². The lowest BCUT2D eigenvalue weighted by Crippen LogP contribution is -2.31. The van der Waals surface area contributed by atoms with Gasteiger partial charge in [0, 0.05) is 12.6 Å². The smallest absolute Gasteiger partial charge is 0.0236 e. The molecule has 0 N–H and O–H groups in total. The lowest BCUT2D eigenvalue weighted by molar-refractivity contribution is 0.210. The zero-order valence-electron chi connectivity index (χ0n) is 12.6. The number of hydrogen-bond donors (Lipinski definition) is 0. The first kappa shape index (κ1) is 14.8. The SMILES string of the molecule is CC(C)N(CCCc1ccccc1)Cc1ccccc1. The minimum atomic E-state index is 0.589. The summed E-state index contributed by atoms with van der Waals surface area (Å²) >= 11 is 0. The Kier molecular flexibility index (Phi) is 5.82. The molecule has 2 aromatic rings. The molecule has 2 aromatic carbocycles. The van der Waals surface area contributed by atoms with Crippen LogP contribution in [-0.2, 0) is 13.0 Å². The Hall–Kier alpha value is -1.60. The van der Waals surface area contributed by atoms with Gasteiger partial charge in [-0.3, -0.25) is 4.90 Å². The Morgan fingerprint density at radius 3 is 1.90 bits per heavy atom. The maximum Gasteiger partial charge on any atom is 0.0236 e. The highest BCUT2D eigenvalue weighted by molar-refractivity contribution is 5.15. The molecule has 0 aromatic heterocycles. The van der Waals surface area contributed by atoms with E-state index in [1.165, 1.54) is 24.0 Å². The maximum atomic E-state index is 2.55. The fourth-order valence-electron chi connectivity index (χ4n) is 2.47. The second-order valence-corrected chi connectivity index (χ2v) is 5.64. The van der Waals surface area contributed by atoms with Crippen molar-refractivity contribution < 1.29 is 0 Å². The minimum absolute atomic E-state index is 0.589. The van der Waals surface area contributed by atoms with Crippen molar-refractivity contribution >= 4 is 0 Å². The first-order valence-corrected chi connectivity index (χ1v) is 7.57. The summed E-state index contributed by atoms with van der Waals surface area (Å²) in [6.45, 7) is 6.77. The number of rotatable bonds is 7. The molecule has 0 spiro atoms. The zero-order chi connectivity index (χ0) is 14.2. The summed E-state index contributed by atoms with van der Waals surface area (Å²) in [7, 11) is 0. The summed E-state index contributed by atoms with van der Waals surface area (Å²) in [6.07, 6.45) is 2.38. The van der Waals surface area contributed by atoms with Gasteiger partial charge in [0.15, 0.2) is 0 Å². The molecule has 0 aliphatic rings. The Morgan fingerprint density at radius 2 is 1.35 bits per heavy atom. The Morgan fingerprint density at radius 1 is 0.800 bits per heavy atom. The molecule has 0 fully saturated rings. The molecule has 1 nitrogen and oxygen atoms in total. The third-order valence-electron chi connectivity index (χ3n) is 3.71. The molecule has 0 radical (unpaired) electrons. The summed E-state index contributed by atoms with van der Waals surface area (Å²) in [4.78, 5) is 2.55. The van der Waals surface area contributed by atoms with Crippen LogP contribution in [0.5, 0.6) is 0 Å². The normalized spacial score (nSPS) is 11.2. The van der Waals surface area contributed by atoms with Gasteiger partial charge in [0.1, 0.15) is 0 Å². The van der Waals surface area contributed by atoms with Gasteiger partial charge in [0.2, 0.25) is 0 Å². The van der Waals surface area contributed by atoms with Gasteiger partial charge >= 0.3 is 0 Å². The monoisotopic (exact) mass is 267 g/mol. The molecule has 0 heterocycles. The van der Waals surface area contributed by atoms with Crippen LogP contribution in [0.15, 0.2) is 60.7 Å². The van der Waals surface area contributed by atoms with Gasteiger partial charge in [0.25, 0.3) is 0 Å². The Bertz CT molecular complexity index is 476. The Labute approximate surface area is 123 Å². The van der Waals surface area contributed by atoms with E-state index >= 15 is 0 Å². The highest BCUT2D eigenvalue weighted by atomic mass is 15.1. The summed E-state index contributed by atoms with van der Waals surface area (Å²) < 4.78 is 0. The largest absolute Gasteiger partial charge is 0.297 e. The van der Waals surface area contributed by atoms with E-state index in [4.69, 9.17) is 0 Å². The summed E-state index contributed by atoms with van der Waals surface area (Å²) in [6, 6.07) is 22.1. The second-order valence-electron chi connectivity index (χ2n) is 5.64. The van der Waals surface area contributed by atoms with E-state index in [2.05, 4.69) is 79.4 Å². The molecule has 0 aliphatic heterocycles. The van der Waals surface area contributed by atoms with Gasteiger partial charge < -0.3 is 0 Å². The van der Waals surface area contributed by atoms with Crippen molar-refractivity contribution in [3.05, 3.63) is 71.8 Å². The minimum Gasteiger partial charge on any atom is -0.297 e. The Balaban J connectivity index is 1.84. The van der Waals surface area contributed by atoms with Crippen LogP contribution in [0.3, 0.4) is 0 Å². The van der Waals surface area contributed by atoms with Crippen LogP contribution in [0.4, 0.5) is 0 Å². The number of nitrogens with zero attached hydrogens (tertiary/aromatic N) is 1. The average Bonchev–Trinajstić information content (AvgIpc) is 2.48. The molecule has 0 amide bonds. The highest BCUT2D eigenvalue weighted by Gasteiger charge is 2.09. The number of aryl methyl sites for hydroxylation is 1. The summed E-state index contributed by atoms with van der Waals surface area (Å²) in [5.41, 5.74) is 2.84. The first-order chi connectivity index (χ1) is 9.75. The summed E-state index contributed by atoms with van der Waals surface area (Å²) in [5, 5.41) is 0. The van der Waals surface area contributed by atoms with E-state index in [9.17, 15) is 0 Å². The van der Waals surface area contributed by atoms with Crippen molar-refractivity contribution in [2.75, 3.05) is 6.54 Å². The fraction of sp³-hybridized carbons (Fsp3) is 0.368. The predicted molar refractivity (Wildman–Crippen MR) is 86.8 cm³/mol. The van der Waals surface area contributed by atoms with Crippen molar-refractivity contribution in [3.63, 3.8) is 0 Å². The molecule has 106 valence electrons. The fourth-order valence-corrected chi connectivity index (χ4v) is 2.47. The van der Waals surface area contributed by atoms with Crippen LogP contribution in [0, 0.1) is 0 Å². The number of hydrogen-bond acceptors (Lipinski definition) is 1. The van der Waals surface area contributed by atoms with Gasteiger partial charge in [-0.05, 0) is 44.4 Å². The molecule has 0 saturated carbocycles. The van der Waals surface area contributed by atoms with Crippen molar-refractivity contribution in [1.29, 1.82) is 0 Å². The average molecular weight is 267 g/mol. The van der Waals surface area contributed by atoms with Crippen molar-refractivity contribution in [2.45, 2.75) is 39.3 Å². The van der Waals surface area contributed by atoms with Crippen LogP contribution in [0.2, 0.25) is 0 Å². The molecule has 20 heavy (non-hydrogen) atoms. The molecule has 0 aliphatic carbocycles. The van der Waals surface area contributed by atoms with Crippen LogP contribution >= 0.6 is 0 Å². The van der Waals surface area contributed by atoms with E-state index in [1.54, 1.807) is 0 Å². The first-order valence-electron chi connectivity index (χ1n) is 7.57. The van der Waals surface area contributed by atoms with E-state index in [0.717, 1.165) is 13.1 Å². The molecular formula is C19H25N. The third kappa shape index (κ3) is 4.82. The van der Waals surface area contributed by atoms with Crippen LogP contribution < -0.4 is 0 Å². The molecule has 0 unspecified atom stereocenters. The summed E-state index contributed by atoms with van der Waals surface area (Å²) in [5.74, 6) is 0. The molecule has 0 bridgehead atoms. The molecule has 1 heteroatoms. The lowest BCUT2D eigenvalue weighted by atomic mass is 10.1. The van der Waals surface area contributed by atoms with Crippen LogP contribution in [0.1, 0.15) is 31.4 Å². The van der Waals surface area contributed by atoms with Crippen LogP contribution in [-0.4, -0.2) is 17.5 Å². The topological polar surface area (TPSA) is 3.24 Å². The molecular weight excluding hydrogens is 242 g/mol. The quantitative estimate of drug-likeness (QED) is 0.712. The van der Waals surface area contributed by atoms with E-state index in [-0.39, 0.29) is 0 Å². The van der Waals surface area contributed by atoms with E-state index in [0.29, 0.717) is 6.04 Å². The van der Waals surface area contributed by atoms with E-state index < -0.39 is 0 Å². The van der Waals surface area contributed by atoms with Crippen molar-refractivity contribution in [3.8, 4) is 0 Å². The third-order valence-corrected chi connectivity index (χ3v) is 3.71. The standard InChI is InChI=1S/C19H25N/c1-17(2)20(16-19-12-7-4-8-13-19)15-9-14-18-10-5-3-6-11-18/h3-8,10-13,17H,9,14-16H2,1-2H3.